The zero-order valence-electron chi connectivity index (χ0n) is 10.8. The Bertz CT molecular complexity index is 386. The zero-order chi connectivity index (χ0) is 12.3. The van der Waals surface area contributed by atoms with Gasteiger partial charge in [-0.3, -0.25) is 4.79 Å². The molecule has 0 amide bonds. The maximum Gasteiger partial charge on any atom is 0.134 e. The molecule has 2 nitrogen and oxygen atoms in total. The molecule has 1 aromatic carbocycles. The van der Waals surface area contributed by atoms with Crippen molar-refractivity contribution in [3.63, 3.8) is 0 Å². The summed E-state index contributed by atoms with van der Waals surface area (Å²) < 4.78 is 5.19. The summed E-state index contributed by atoms with van der Waals surface area (Å²) in [5.74, 6) is 0.989. The summed E-state index contributed by atoms with van der Waals surface area (Å²) in [7, 11) is 1.64. The van der Waals surface area contributed by atoms with Crippen molar-refractivity contribution in [3.05, 3.63) is 29.3 Å². The second-order valence-electron chi connectivity index (χ2n) is 5.15. The van der Waals surface area contributed by atoms with Crippen LogP contribution in [0.4, 0.5) is 0 Å². The van der Waals surface area contributed by atoms with Crippen LogP contribution in [0.15, 0.2) is 18.2 Å². The van der Waals surface area contributed by atoms with Crippen molar-refractivity contribution in [2.24, 2.45) is 0 Å². The van der Waals surface area contributed by atoms with Crippen molar-refractivity contribution in [1.29, 1.82) is 0 Å². The first-order chi connectivity index (χ1) is 7.34. The molecule has 0 atom stereocenters. The molecule has 0 heterocycles. The molecular formula is C14H20O2. The average molecular weight is 220 g/mol. The Kier molecular flexibility index (Phi) is 3.74. The number of ether oxygens (including phenoxy) is 1. The molecule has 0 aliphatic carbocycles. The Balaban J connectivity index is 3.21. The Hall–Kier alpha value is -1.31. The van der Waals surface area contributed by atoms with E-state index in [-0.39, 0.29) is 11.2 Å². The highest BCUT2D eigenvalue weighted by Gasteiger charge is 2.18. The lowest BCUT2D eigenvalue weighted by Gasteiger charge is -2.23. The third kappa shape index (κ3) is 3.09. The van der Waals surface area contributed by atoms with E-state index in [1.807, 2.05) is 12.1 Å². The lowest BCUT2D eigenvalue weighted by atomic mass is 9.82. The summed E-state index contributed by atoms with van der Waals surface area (Å²) in [5.41, 5.74) is 2.33. The second-order valence-corrected chi connectivity index (χ2v) is 5.15. The van der Waals surface area contributed by atoms with Gasteiger partial charge in [-0.15, -0.1) is 0 Å². The van der Waals surface area contributed by atoms with Gasteiger partial charge in [-0.1, -0.05) is 26.8 Å². The maximum atomic E-state index is 11.3. The minimum absolute atomic E-state index is 0.0526. The maximum absolute atomic E-state index is 11.3. The van der Waals surface area contributed by atoms with Gasteiger partial charge in [0.25, 0.3) is 0 Å². The molecule has 0 saturated heterocycles. The predicted molar refractivity (Wildman–Crippen MR) is 66.1 cm³/mol. The van der Waals surface area contributed by atoms with Crippen LogP contribution in [0.2, 0.25) is 0 Å². The van der Waals surface area contributed by atoms with E-state index in [2.05, 4.69) is 26.8 Å². The smallest absolute Gasteiger partial charge is 0.134 e. The molecule has 0 fully saturated rings. The molecule has 16 heavy (non-hydrogen) atoms. The first-order valence-corrected chi connectivity index (χ1v) is 5.51. The van der Waals surface area contributed by atoms with E-state index < -0.39 is 0 Å². The zero-order valence-corrected chi connectivity index (χ0v) is 10.8. The molecule has 0 aliphatic rings. The normalized spacial score (nSPS) is 11.3. The Morgan fingerprint density at radius 3 is 2.38 bits per heavy atom. The highest BCUT2D eigenvalue weighted by molar-refractivity contribution is 5.78. The summed E-state index contributed by atoms with van der Waals surface area (Å²) >= 11 is 0. The third-order valence-electron chi connectivity index (χ3n) is 2.56. The third-order valence-corrected chi connectivity index (χ3v) is 2.56. The summed E-state index contributed by atoms with van der Waals surface area (Å²) in [6.45, 7) is 8.07. The predicted octanol–water partition coefficient (Wildman–Crippen LogP) is 3.12. The van der Waals surface area contributed by atoms with Gasteiger partial charge >= 0.3 is 0 Å². The van der Waals surface area contributed by atoms with Crippen molar-refractivity contribution < 1.29 is 9.53 Å². The lowest BCUT2D eigenvalue weighted by Crippen LogP contribution is -2.15. The van der Waals surface area contributed by atoms with E-state index in [4.69, 9.17) is 4.74 Å². The molecule has 0 bridgehead atoms. The number of carbonyl (C=O) groups excluding carboxylic acids is 1. The van der Waals surface area contributed by atoms with Gasteiger partial charge < -0.3 is 4.74 Å². The lowest BCUT2D eigenvalue weighted by molar-refractivity contribution is -0.116. The largest absolute Gasteiger partial charge is 0.497 e. The quantitative estimate of drug-likeness (QED) is 0.782. The van der Waals surface area contributed by atoms with Crippen molar-refractivity contribution in [3.8, 4) is 5.75 Å². The van der Waals surface area contributed by atoms with E-state index in [0.717, 1.165) is 11.3 Å². The summed E-state index contributed by atoms with van der Waals surface area (Å²) in [6, 6.07) is 5.96. The number of ketones is 1. The van der Waals surface area contributed by atoms with Crippen LogP contribution in [0, 0.1) is 0 Å². The Morgan fingerprint density at radius 1 is 1.31 bits per heavy atom. The summed E-state index contributed by atoms with van der Waals surface area (Å²) in [5, 5.41) is 0. The molecule has 0 N–H and O–H groups in total. The molecule has 88 valence electrons. The van der Waals surface area contributed by atoms with Crippen LogP contribution in [0.5, 0.6) is 5.75 Å². The van der Waals surface area contributed by atoms with Gasteiger partial charge in [0.1, 0.15) is 11.5 Å². The Morgan fingerprint density at radius 2 is 1.94 bits per heavy atom. The number of Topliss-reactive ketones (excluding diaryl/α,β-unsaturated/α-hetero) is 1. The van der Waals surface area contributed by atoms with E-state index >= 15 is 0 Å². The van der Waals surface area contributed by atoms with Gasteiger partial charge in [-0.05, 0) is 35.6 Å². The van der Waals surface area contributed by atoms with E-state index in [1.165, 1.54) is 5.56 Å². The standard InChI is InChI=1S/C14H20O2/c1-10(15)8-11-9-12(16-5)6-7-13(11)14(2,3)4/h6-7,9H,8H2,1-5H3. The van der Waals surface area contributed by atoms with E-state index in [0.29, 0.717) is 6.42 Å². The number of hydrogen-bond acceptors (Lipinski definition) is 2. The molecule has 0 aliphatic heterocycles. The number of carbonyl (C=O) groups is 1. The van der Waals surface area contributed by atoms with Crippen LogP contribution in [-0.2, 0) is 16.6 Å². The van der Waals surface area contributed by atoms with E-state index in [1.54, 1.807) is 14.0 Å². The molecule has 1 aromatic rings. The van der Waals surface area contributed by atoms with Crippen LogP contribution < -0.4 is 4.74 Å². The van der Waals surface area contributed by atoms with Gasteiger partial charge in [0.2, 0.25) is 0 Å². The fraction of sp³-hybridized carbons (Fsp3) is 0.500. The van der Waals surface area contributed by atoms with Crippen LogP contribution in [0.25, 0.3) is 0 Å². The first kappa shape index (κ1) is 12.8. The molecular weight excluding hydrogens is 200 g/mol. The minimum Gasteiger partial charge on any atom is -0.497 e. The average Bonchev–Trinajstić information content (AvgIpc) is 2.14. The monoisotopic (exact) mass is 220 g/mol. The van der Waals surface area contributed by atoms with Gasteiger partial charge in [0, 0.05) is 6.42 Å². The first-order valence-electron chi connectivity index (χ1n) is 5.51. The van der Waals surface area contributed by atoms with Crippen LogP contribution in [0.1, 0.15) is 38.8 Å². The van der Waals surface area contributed by atoms with Gasteiger partial charge in [-0.25, -0.2) is 0 Å². The summed E-state index contributed by atoms with van der Waals surface area (Å²) in [6.07, 6.45) is 0.476. The van der Waals surface area contributed by atoms with Crippen molar-refractivity contribution >= 4 is 5.78 Å². The molecule has 1 rings (SSSR count). The van der Waals surface area contributed by atoms with Crippen LogP contribution >= 0.6 is 0 Å². The molecule has 0 saturated carbocycles. The fourth-order valence-electron chi connectivity index (χ4n) is 1.84. The minimum atomic E-state index is 0.0526. The van der Waals surface area contributed by atoms with Crippen LogP contribution in [-0.4, -0.2) is 12.9 Å². The molecule has 0 aromatic heterocycles. The van der Waals surface area contributed by atoms with E-state index in [9.17, 15) is 4.79 Å². The van der Waals surface area contributed by atoms with Crippen molar-refractivity contribution in [2.45, 2.75) is 39.5 Å². The van der Waals surface area contributed by atoms with Gasteiger partial charge in [-0.2, -0.15) is 0 Å². The van der Waals surface area contributed by atoms with Gasteiger partial charge in [0.05, 0.1) is 7.11 Å². The molecule has 0 spiro atoms. The topological polar surface area (TPSA) is 26.3 Å². The van der Waals surface area contributed by atoms with Gasteiger partial charge in [0.15, 0.2) is 0 Å². The van der Waals surface area contributed by atoms with Crippen molar-refractivity contribution in [1.82, 2.24) is 0 Å². The summed E-state index contributed by atoms with van der Waals surface area (Å²) in [4.78, 5) is 11.3. The highest BCUT2D eigenvalue weighted by atomic mass is 16.5. The fourth-order valence-corrected chi connectivity index (χ4v) is 1.84. The Labute approximate surface area is 97.6 Å². The highest BCUT2D eigenvalue weighted by Crippen LogP contribution is 2.29. The number of benzene rings is 1. The molecule has 2 heteroatoms. The molecule has 0 unspecified atom stereocenters. The number of methoxy groups -OCH3 is 1. The number of rotatable bonds is 3. The number of hydrogen-bond donors (Lipinski definition) is 0. The second kappa shape index (κ2) is 4.69. The van der Waals surface area contributed by atoms with Crippen LogP contribution in [0.3, 0.4) is 0 Å². The SMILES string of the molecule is COc1ccc(C(C)(C)C)c(CC(C)=O)c1. The molecule has 0 radical (unpaired) electrons. The van der Waals surface area contributed by atoms with Crippen molar-refractivity contribution in [2.75, 3.05) is 7.11 Å².